The van der Waals surface area contributed by atoms with Gasteiger partial charge in [-0.05, 0) is 44.0 Å². The molecule has 0 bridgehead atoms. The Hall–Kier alpha value is -1.44. The third-order valence-electron chi connectivity index (χ3n) is 4.52. The second kappa shape index (κ2) is 8.09. The predicted molar refractivity (Wildman–Crippen MR) is 95.8 cm³/mol. The maximum atomic E-state index is 10.3. The lowest BCUT2D eigenvalue weighted by Crippen LogP contribution is -2.39. The number of β-amino-alcohol motifs (C(OH)–C–C–N with tert-alkyl or cyclic N) is 1. The number of likely N-dealkylation sites (tertiary alicyclic amines) is 1. The Balaban J connectivity index is 1.52. The van der Waals surface area contributed by atoms with Gasteiger partial charge in [-0.3, -0.25) is 4.98 Å². The van der Waals surface area contributed by atoms with Crippen molar-refractivity contribution in [3.63, 3.8) is 0 Å². The summed E-state index contributed by atoms with van der Waals surface area (Å²) in [5.74, 6) is 2.27. The van der Waals surface area contributed by atoms with E-state index in [1.807, 2.05) is 23.7 Å². The van der Waals surface area contributed by atoms with Crippen molar-refractivity contribution in [2.45, 2.75) is 31.0 Å². The molecule has 1 unspecified atom stereocenters. The molecule has 130 valence electrons. The number of hydrogen-bond donors (Lipinski definition) is 1. The lowest BCUT2D eigenvalue weighted by molar-refractivity contribution is 0.105. The van der Waals surface area contributed by atoms with E-state index < -0.39 is 0 Å². The molecule has 0 aromatic carbocycles. The van der Waals surface area contributed by atoms with E-state index in [1.165, 1.54) is 12.8 Å². The first-order valence-electron chi connectivity index (χ1n) is 8.46. The van der Waals surface area contributed by atoms with Crippen molar-refractivity contribution in [1.82, 2.24) is 24.6 Å². The number of thioether (sulfide) groups is 1. The van der Waals surface area contributed by atoms with Gasteiger partial charge in [0.25, 0.3) is 0 Å². The lowest BCUT2D eigenvalue weighted by Gasteiger charge is -2.31. The fourth-order valence-electron chi connectivity index (χ4n) is 2.96. The Morgan fingerprint density at radius 3 is 2.67 bits per heavy atom. The third kappa shape index (κ3) is 4.34. The van der Waals surface area contributed by atoms with Crippen molar-refractivity contribution < 1.29 is 5.11 Å². The number of piperidine rings is 1. The van der Waals surface area contributed by atoms with Gasteiger partial charge in [-0.2, -0.15) is 0 Å². The molecular weight excluding hydrogens is 322 g/mol. The minimum Gasteiger partial charge on any atom is -0.391 e. The van der Waals surface area contributed by atoms with Crippen molar-refractivity contribution in [3.05, 3.63) is 24.5 Å². The van der Waals surface area contributed by atoms with Crippen molar-refractivity contribution in [2.24, 2.45) is 13.0 Å². The Bertz CT molecular complexity index is 640. The van der Waals surface area contributed by atoms with Crippen LogP contribution in [-0.2, 0) is 7.05 Å². The van der Waals surface area contributed by atoms with E-state index in [1.54, 1.807) is 24.2 Å². The van der Waals surface area contributed by atoms with Gasteiger partial charge in [-0.1, -0.05) is 18.7 Å². The highest BCUT2D eigenvalue weighted by Crippen LogP contribution is 2.23. The summed E-state index contributed by atoms with van der Waals surface area (Å²) in [6.07, 6.45) is 5.63. The van der Waals surface area contributed by atoms with Crippen molar-refractivity contribution in [3.8, 4) is 11.4 Å². The van der Waals surface area contributed by atoms with Crippen LogP contribution in [-0.4, -0.2) is 61.2 Å². The lowest BCUT2D eigenvalue weighted by atomic mass is 9.99. The van der Waals surface area contributed by atoms with Crippen LogP contribution in [0.5, 0.6) is 0 Å². The Kier molecular flexibility index (Phi) is 5.86. The van der Waals surface area contributed by atoms with Gasteiger partial charge in [0.15, 0.2) is 11.0 Å². The molecule has 0 spiro atoms. The van der Waals surface area contributed by atoms with E-state index in [0.29, 0.717) is 5.75 Å². The second-order valence-corrected chi connectivity index (χ2v) is 7.54. The molecule has 3 heterocycles. The first-order valence-corrected chi connectivity index (χ1v) is 9.45. The summed E-state index contributed by atoms with van der Waals surface area (Å²) in [6.45, 7) is 5.24. The summed E-state index contributed by atoms with van der Waals surface area (Å²) < 4.78 is 1.97. The summed E-state index contributed by atoms with van der Waals surface area (Å²) in [4.78, 5) is 6.39. The van der Waals surface area contributed by atoms with Gasteiger partial charge >= 0.3 is 0 Å². The molecule has 0 radical (unpaired) electrons. The van der Waals surface area contributed by atoms with Crippen LogP contribution in [0.1, 0.15) is 19.8 Å². The maximum absolute atomic E-state index is 10.3. The summed E-state index contributed by atoms with van der Waals surface area (Å²) in [5.41, 5.74) is 0.995. The number of aliphatic hydroxyl groups is 1. The monoisotopic (exact) mass is 347 g/mol. The van der Waals surface area contributed by atoms with Gasteiger partial charge < -0.3 is 14.6 Å². The Morgan fingerprint density at radius 2 is 1.96 bits per heavy atom. The number of aliphatic hydroxyl groups excluding tert-OH is 1. The Morgan fingerprint density at radius 1 is 1.25 bits per heavy atom. The standard InChI is InChI=1S/C17H25N5OS/c1-13-5-9-22(10-6-13)11-15(23)12-24-17-20-19-16(21(17)2)14-3-7-18-8-4-14/h3-4,7-8,13,15,23H,5-6,9-12H2,1-2H3. The summed E-state index contributed by atoms with van der Waals surface area (Å²) in [6, 6.07) is 3.84. The van der Waals surface area contributed by atoms with Gasteiger partial charge in [0, 0.05) is 37.3 Å². The van der Waals surface area contributed by atoms with Crippen LogP contribution in [0.4, 0.5) is 0 Å². The number of hydrogen-bond acceptors (Lipinski definition) is 6. The smallest absolute Gasteiger partial charge is 0.191 e. The zero-order valence-electron chi connectivity index (χ0n) is 14.3. The predicted octanol–water partition coefficient (Wildman–Crippen LogP) is 2.06. The van der Waals surface area contributed by atoms with E-state index >= 15 is 0 Å². The fourth-order valence-corrected chi connectivity index (χ4v) is 3.78. The maximum Gasteiger partial charge on any atom is 0.191 e. The molecule has 1 aliphatic rings. The minimum atomic E-state index is -0.343. The van der Waals surface area contributed by atoms with Crippen LogP contribution < -0.4 is 0 Å². The van der Waals surface area contributed by atoms with Gasteiger partial charge in [0.05, 0.1) is 6.10 Å². The number of pyridine rings is 1. The molecule has 2 aromatic rings. The van der Waals surface area contributed by atoms with Crippen molar-refractivity contribution in [2.75, 3.05) is 25.4 Å². The SMILES string of the molecule is CC1CCN(CC(O)CSc2nnc(-c3ccncc3)n2C)CC1. The second-order valence-electron chi connectivity index (χ2n) is 6.55. The summed E-state index contributed by atoms with van der Waals surface area (Å²) in [5, 5.41) is 19.7. The molecule has 0 saturated carbocycles. The Labute approximate surface area is 147 Å². The number of nitrogens with zero attached hydrogens (tertiary/aromatic N) is 5. The van der Waals surface area contributed by atoms with Crippen LogP contribution in [0.2, 0.25) is 0 Å². The highest BCUT2D eigenvalue weighted by molar-refractivity contribution is 7.99. The molecule has 0 aliphatic carbocycles. The largest absolute Gasteiger partial charge is 0.391 e. The van der Waals surface area contributed by atoms with E-state index in [0.717, 1.165) is 42.1 Å². The van der Waals surface area contributed by atoms with Crippen molar-refractivity contribution >= 4 is 11.8 Å². The topological polar surface area (TPSA) is 67.1 Å². The molecular formula is C17H25N5OS. The average Bonchev–Trinajstić information content (AvgIpc) is 2.97. The van der Waals surface area contributed by atoms with Crippen LogP contribution in [0.15, 0.2) is 29.7 Å². The molecule has 7 heteroatoms. The van der Waals surface area contributed by atoms with Crippen LogP contribution in [0, 0.1) is 5.92 Å². The minimum absolute atomic E-state index is 0.343. The molecule has 1 fully saturated rings. The molecule has 24 heavy (non-hydrogen) atoms. The first-order chi connectivity index (χ1) is 11.6. The van der Waals surface area contributed by atoms with Crippen LogP contribution in [0.25, 0.3) is 11.4 Å². The zero-order valence-corrected chi connectivity index (χ0v) is 15.1. The fraction of sp³-hybridized carbons (Fsp3) is 0.588. The molecule has 1 saturated heterocycles. The molecule has 1 N–H and O–H groups in total. The molecule has 0 amide bonds. The number of rotatable bonds is 6. The van der Waals surface area contributed by atoms with E-state index in [9.17, 15) is 5.11 Å². The van der Waals surface area contributed by atoms with Crippen molar-refractivity contribution in [1.29, 1.82) is 0 Å². The number of aromatic nitrogens is 4. The van der Waals surface area contributed by atoms with Crippen LogP contribution >= 0.6 is 11.8 Å². The molecule has 3 rings (SSSR count). The van der Waals surface area contributed by atoms with Gasteiger partial charge in [-0.25, -0.2) is 0 Å². The summed E-state index contributed by atoms with van der Waals surface area (Å²) >= 11 is 1.56. The van der Waals surface area contributed by atoms with Crippen LogP contribution in [0.3, 0.4) is 0 Å². The summed E-state index contributed by atoms with van der Waals surface area (Å²) in [7, 11) is 1.95. The molecule has 1 atom stereocenters. The molecule has 6 nitrogen and oxygen atoms in total. The van der Waals surface area contributed by atoms with Gasteiger partial charge in [0.2, 0.25) is 0 Å². The average molecular weight is 347 g/mol. The van der Waals surface area contributed by atoms with E-state index in [-0.39, 0.29) is 6.10 Å². The molecule has 1 aliphatic heterocycles. The van der Waals surface area contributed by atoms with Gasteiger partial charge in [0.1, 0.15) is 0 Å². The van der Waals surface area contributed by atoms with Gasteiger partial charge in [-0.15, -0.1) is 10.2 Å². The van der Waals surface area contributed by atoms with E-state index in [2.05, 4.69) is 27.0 Å². The first kappa shape index (κ1) is 17.4. The molecule has 2 aromatic heterocycles. The highest BCUT2D eigenvalue weighted by atomic mass is 32.2. The zero-order chi connectivity index (χ0) is 16.9. The van der Waals surface area contributed by atoms with E-state index in [4.69, 9.17) is 0 Å². The third-order valence-corrected chi connectivity index (χ3v) is 5.69. The highest BCUT2D eigenvalue weighted by Gasteiger charge is 2.19. The quantitative estimate of drug-likeness (QED) is 0.807. The normalized spacial score (nSPS) is 18.0.